The second-order valence-electron chi connectivity index (χ2n) is 4.87. The van der Waals surface area contributed by atoms with Gasteiger partial charge in [0, 0.05) is 12.1 Å². The first-order valence-electron chi connectivity index (χ1n) is 5.96. The molecule has 0 saturated heterocycles. The summed E-state index contributed by atoms with van der Waals surface area (Å²) in [6.07, 6.45) is 5.60. The molecule has 1 fully saturated rings. The van der Waals surface area contributed by atoms with E-state index in [2.05, 4.69) is 34.3 Å². The average Bonchev–Trinajstić information content (AvgIpc) is 2.27. The third-order valence-electron chi connectivity index (χ3n) is 3.77. The molecule has 0 aliphatic heterocycles. The molecule has 1 heterocycles. The van der Waals surface area contributed by atoms with Gasteiger partial charge in [-0.05, 0) is 33.4 Å². The van der Waals surface area contributed by atoms with Gasteiger partial charge in [0.15, 0.2) is 6.29 Å². The number of carbonyl (C=O) groups excluding carboxylic acids is 1. The van der Waals surface area contributed by atoms with Crippen molar-refractivity contribution in [3.05, 3.63) is 17.0 Å². The van der Waals surface area contributed by atoms with Gasteiger partial charge in [-0.2, -0.15) is 0 Å². The summed E-state index contributed by atoms with van der Waals surface area (Å²) in [5, 5.41) is 3.41. The van der Waals surface area contributed by atoms with Crippen molar-refractivity contribution >= 4 is 23.7 Å². The molecule has 0 radical (unpaired) electrons. The van der Waals surface area contributed by atoms with E-state index in [1.54, 1.807) is 0 Å². The maximum Gasteiger partial charge on any atom is 0.156 e. The molecule has 0 bridgehead atoms. The summed E-state index contributed by atoms with van der Waals surface area (Å²) in [7, 11) is 4.16. The van der Waals surface area contributed by atoms with Crippen LogP contribution in [0.2, 0.25) is 5.15 Å². The lowest BCUT2D eigenvalue weighted by Gasteiger charge is -2.47. The zero-order valence-corrected chi connectivity index (χ0v) is 11.4. The summed E-state index contributed by atoms with van der Waals surface area (Å²) in [5.41, 5.74) is 0.491. The van der Waals surface area contributed by atoms with Crippen molar-refractivity contribution in [3.63, 3.8) is 0 Å². The summed E-state index contributed by atoms with van der Waals surface area (Å²) in [6, 6.07) is 0. The predicted octanol–water partition coefficient (Wildman–Crippen LogP) is 1.84. The molecule has 1 N–H and O–H groups in total. The van der Waals surface area contributed by atoms with Crippen molar-refractivity contribution in [3.8, 4) is 0 Å². The lowest BCUT2D eigenvalue weighted by Crippen LogP contribution is -2.54. The first kappa shape index (κ1) is 13.2. The summed E-state index contributed by atoms with van der Waals surface area (Å²) in [5.74, 6) is 0.512. The highest BCUT2D eigenvalue weighted by Crippen LogP contribution is 2.36. The molecule has 6 heteroatoms. The van der Waals surface area contributed by atoms with Crippen LogP contribution in [-0.4, -0.2) is 47.3 Å². The quantitative estimate of drug-likeness (QED) is 0.652. The molecule has 1 aromatic rings. The van der Waals surface area contributed by atoms with Crippen molar-refractivity contribution in [2.24, 2.45) is 0 Å². The molecule has 1 saturated carbocycles. The summed E-state index contributed by atoms with van der Waals surface area (Å²) < 4.78 is 0. The smallest absolute Gasteiger partial charge is 0.156 e. The molecule has 0 spiro atoms. The van der Waals surface area contributed by atoms with Gasteiger partial charge in [0.1, 0.15) is 17.3 Å². The largest absolute Gasteiger partial charge is 0.367 e. The van der Waals surface area contributed by atoms with E-state index < -0.39 is 0 Å². The fourth-order valence-corrected chi connectivity index (χ4v) is 2.41. The number of carbonyl (C=O) groups is 1. The van der Waals surface area contributed by atoms with Gasteiger partial charge in [-0.1, -0.05) is 11.6 Å². The molecule has 98 valence electrons. The molecule has 0 aromatic carbocycles. The zero-order chi connectivity index (χ0) is 13.2. The fourth-order valence-electron chi connectivity index (χ4n) is 2.23. The van der Waals surface area contributed by atoms with Crippen LogP contribution in [-0.2, 0) is 0 Å². The van der Waals surface area contributed by atoms with E-state index in [4.69, 9.17) is 11.6 Å². The number of halogens is 1. The first-order valence-corrected chi connectivity index (χ1v) is 6.34. The van der Waals surface area contributed by atoms with Gasteiger partial charge in [0.25, 0.3) is 0 Å². The Labute approximate surface area is 112 Å². The molecule has 1 aliphatic rings. The SMILES string of the molecule is CN(C)C1(CNc2ncnc(Cl)c2C=O)CCC1. The van der Waals surface area contributed by atoms with Gasteiger partial charge < -0.3 is 10.2 Å². The van der Waals surface area contributed by atoms with Crippen molar-refractivity contribution < 1.29 is 4.79 Å². The van der Waals surface area contributed by atoms with Gasteiger partial charge in [-0.15, -0.1) is 0 Å². The molecule has 1 aromatic heterocycles. The fraction of sp³-hybridized carbons (Fsp3) is 0.583. The van der Waals surface area contributed by atoms with E-state index in [0.717, 1.165) is 19.4 Å². The van der Waals surface area contributed by atoms with Gasteiger partial charge in [0.05, 0.1) is 5.56 Å². The average molecular weight is 269 g/mol. The standard InChI is InChI=1S/C12H17ClN4O/c1-17(2)12(4-3-5-12)7-14-11-9(6-18)10(13)15-8-16-11/h6,8H,3-5,7H2,1-2H3,(H,14,15,16). The van der Waals surface area contributed by atoms with E-state index in [1.807, 2.05) is 0 Å². The van der Waals surface area contributed by atoms with Crippen molar-refractivity contribution in [2.45, 2.75) is 24.8 Å². The van der Waals surface area contributed by atoms with Crippen LogP contribution < -0.4 is 5.32 Å². The topological polar surface area (TPSA) is 58.1 Å². The number of aldehydes is 1. The van der Waals surface area contributed by atoms with Crippen LogP contribution >= 0.6 is 11.6 Å². The highest BCUT2D eigenvalue weighted by atomic mass is 35.5. The van der Waals surface area contributed by atoms with Crippen LogP contribution in [0.3, 0.4) is 0 Å². The van der Waals surface area contributed by atoms with Crippen molar-refractivity contribution in [2.75, 3.05) is 26.0 Å². The number of nitrogens with one attached hydrogen (secondary N) is 1. The Balaban J connectivity index is 2.11. The Bertz CT molecular complexity index is 446. The molecule has 0 unspecified atom stereocenters. The van der Waals surface area contributed by atoms with E-state index in [9.17, 15) is 4.79 Å². The lowest BCUT2D eigenvalue weighted by molar-refractivity contribution is 0.0738. The molecule has 0 amide bonds. The number of hydrogen-bond donors (Lipinski definition) is 1. The molecule has 1 aliphatic carbocycles. The number of hydrogen-bond acceptors (Lipinski definition) is 5. The highest BCUT2D eigenvalue weighted by Gasteiger charge is 2.38. The summed E-state index contributed by atoms with van der Waals surface area (Å²) in [6.45, 7) is 0.758. The number of rotatable bonds is 5. The van der Waals surface area contributed by atoms with Crippen LogP contribution in [0, 0.1) is 0 Å². The van der Waals surface area contributed by atoms with Crippen molar-refractivity contribution in [1.82, 2.24) is 14.9 Å². The summed E-state index contributed by atoms with van der Waals surface area (Å²) in [4.78, 5) is 21.1. The number of anilines is 1. The van der Waals surface area contributed by atoms with Crippen LogP contribution in [0.4, 0.5) is 5.82 Å². The number of likely N-dealkylation sites (N-methyl/N-ethyl adjacent to an activating group) is 1. The molecular formula is C12H17ClN4O. The molecule has 2 rings (SSSR count). The van der Waals surface area contributed by atoms with E-state index in [1.165, 1.54) is 12.7 Å². The first-order chi connectivity index (χ1) is 8.59. The Morgan fingerprint density at radius 3 is 2.72 bits per heavy atom. The maximum absolute atomic E-state index is 11.0. The Morgan fingerprint density at radius 1 is 1.50 bits per heavy atom. The van der Waals surface area contributed by atoms with E-state index in [0.29, 0.717) is 17.7 Å². The van der Waals surface area contributed by atoms with Crippen molar-refractivity contribution in [1.29, 1.82) is 0 Å². The third kappa shape index (κ3) is 2.33. The maximum atomic E-state index is 11.0. The zero-order valence-electron chi connectivity index (χ0n) is 10.6. The van der Waals surface area contributed by atoms with E-state index >= 15 is 0 Å². The minimum Gasteiger partial charge on any atom is -0.367 e. The normalized spacial score (nSPS) is 17.3. The van der Waals surface area contributed by atoms with Crippen LogP contribution in [0.25, 0.3) is 0 Å². The van der Waals surface area contributed by atoms with Gasteiger partial charge in [-0.25, -0.2) is 9.97 Å². The number of nitrogens with zero attached hydrogens (tertiary/aromatic N) is 3. The third-order valence-corrected chi connectivity index (χ3v) is 4.07. The second-order valence-corrected chi connectivity index (χ2v) is 5.23. The predicted molar refractivity (Wildman–Crippen MR) is 71.2 cm³/mol. The van der Waals surface area contributed by atoms with Gasteiger partial charge in [-0.3, -0.25) is 4.79 Å². The molecular weight excluding hydrogens is 252 g/mol. The highest BCUT2D eigenvalue weighted by molar-refractivity contribution is 6.32. The minimum absolute atomic E-state index is 0.164. The second kappa shape index (κ2) is 5.20. The minimum atomic E-state index is 0.164. The summed E-state index contributed by atoms with van der Waals surface area (Å²) >= 11 is 5.86. The van der Waals surface area contributed by atoms with Gasteiger partial charge in [0.2, 0.25) is 0 Å². The monoisotopic (exact) mass is 268 g/mol. The van der Waals surface area contributed by atoms with Crippen LogP contribution in [0.15, 0.2) is 6.33 Å². The van der Waals surface area contributed by atoms with Crippen LogP contribution in [0.1, 0.15) is 29.6 Å². The Hall–Kier alpha value is -1.20. The van der Waals surface area contributed by atoms with Crippen LogP contribution in [0.5, 0.6) is 0 Å². The Morgan fingerprint density at radius 2 is 2.22 bits per heavy atom. The molecule has 0 atom stereocenters. The lowest BCUT2D eigenvalue weighted by atomic mass is 9.75. The van der Waals surface area contributed by atoms with E-state index in [-0.39, 0.29) is 10.7 Å². The molecule has 5 nitrogen and oxygen atoms in total. The molecule has 18 heavy (non-hydrogen) atoms. The number of aromatic nitrogens is 2. The van der Waals surface area contributed by atoms with Gasteiger partial charge >= 0.3 is 0 Å². The Kier molecular flexibility index (Phi) is 3.82.